The molecule has 0 aliphatic rings. The molecule has 0 radical (unpaired) electrons. The van der Waals surface area contributed by atoms with Gasteiger partial charge in [0.2, 0.25) is 5.91 Å². The SMILES string of the molecule is CN(C)C(=O)C(CCN(C)C(=O)OCc1ccccc1)(Cc1ccccc1O)c1ccccc1. The van der Waals surface area contributed by atoms with E-state index < -0.39 is 11.5 Å². The first-order valence-corrected chi connectivity index (χ1v) is 11.3. The number of rotatable bonds is 9. The second kappa shape index (κ2) is 11.4. The lowest BCUT2D eigenvalue weighted by Crippen LogP contribution is -2.47. The molecule has 2 amide bonds. The molecule has 0 bridgehead atoms. The number of phenolic OH excluding ortho intramolecular Hbond substituents is 1. The van der Waals surface area contributed by atoms with E-state index in [1.807, 2.05) is 72.8 Å². The summed E-state index contributed by atoms with van der Waals surface area (Å²) in [6.45, 7) is 0.484. The average Bonchev–Trinajstić information content (AvgIpc) is 2.86. The number of para-hydroxylation sites is 1. The molecular weight excluding hydrogens is 428 g/mol. The lowest BCUT2D eigenvalue weighted by molar-refractivity contribution is -0.135. The molecule has 1 atom stereocenters. The number of likely N-dealkylation sites (N-methyl/N-ethyl adjacent to an activating group) is 1. The van der Waals surface area contributed by atoms with Crippen LogP contribution < -0.4 is 0 Å². The number of amides is 2. The molecule has 6 heteroatoms. The predicted molar refractivity (Wildman–Crippen MR) is 132 cm³/mol. The standard InChI is InChI=1S/C28H32N2O4/c1-29(2)26(32)28(24-15-8-5-9-16-24,20-23-14-10-11-17-25(23)31)18-19-30(3)27(33)34-21-22-12-6-4-7-13-22/h4-17,31H,18-21H2,1-3H3. The van der Waals surface area contributed by atoms with Gasteiger partial charge < -0.3 is 19.6 Å². The highest BCUT2D eigenvalue weighted by Gasteiger charge is 2.42. The fourth-order valence-electron chi connectivity index (χ4n) is 4.09. The fraction of sp³-hybridized carbons (Fsp3) is 0.286. The van der Waals surface area contributed by atoms with Crippen LogP contribution >= 0.6 is 0 Å². The van der Waals surface area contributed by atoms with Crippen LogP contribution in [0.1, 0.15) is 23.1 Å². The largest absolute Gasteiger partial charge is 0.508 e. The molecule has 178 valence electrons. The molecule has 3 aromatic rings. The van der Waals surface area contributed by atoms with Crippen molar-refractivity contribution in [1.82, 2.24) is 9.80 Å². The van der Waals surface area contributed by atoms with E-state index in [0.29, 0.717) is 24.9 Å². The normalized spacial score (nSPS) is 12.4. The third-order valence-corrected chi connectivity index (χ3v) is 6.02. The highest BCUT2D eigenvalue weighted by Crippen LogP contribution is 2.36. The lowest BCUT2D eigenvalue weighted by atomic mass is 9.71. The maximum absolute atomic E-state index is 13.7. The van der Waals surface area contributed by atoms with E-state index in [9.17, 15) is 14.7 Å². The molecule has 0 saturated carbocycles. The van der Waals surface area contributed by atoms with E-state index in [4.69, 9.17) is 4.74 Å². The van der Waals surface area contributed by atoms with Gasteiger partial charge in [0.25, 0.3) is 0 Å². The fourth-order valence-corrected chi connectivity index (χ4v) is 4.09. The molecule has 0 fully saturated rings. The lowest BCUT2D eigenvalue weighted by Gasteiger charge is -2.37. The van der Waals surface area contributed by atoms with Gasteiger partial charge in [-0.25, -0.2) is 4.79 Å². The molecule has 6 nitrogen and oxygen atoms in total. The van der Waals surface area contributed by atoms with Crippen molar-refractivity contribution in [2.45, 2.75) is 24.9 Å². The maximum atomic E-state index is 13.7. The summed E-state index contributed by atoms with van der Waals surface area (Å²) in [7, 11) is 5.12. The zero-order valence-electron chi connectivity index (χ0n) is 20.0. The molecule has 3 rings (SSSR count). The first kappa shape index (κ1) is 24.8. The van der Waals surface area contributed by atoms with Crippen LogP contribution in [0.15, 0.2) is 84.9 Å². The van der Waals surface area contributed by atoms with Gasteiger partial charge in [0.05, 0.1) is 5.41 Å². The van der Waals surface area contributed by atoms with E-state index >= 15 is 0 Å². The number of ether oxygens (including phenoxy) is 1. The summed E-state index contributed by atoms with van der Waals surface area (Å²) in [5, 5.41) is 10.5. The first-order valence-electron chi connectivity index (χ1n) is 11.3. The molecule has 0 heterocycles. The topological polar surface area (TPSA) is 70.1 Å². The minimum absolute atomic E-state index is 0.0898. The Bertz CT molecular complexity index is 1090. The Kier molecular flexibility index (Phi) is 8.30. The van der Waals surface area contributed by atoms with Crippen molar-refractivity contribution < 1.29 is 19.4 Å². The summed E-state index contributed by atoms with van der Waals surface area (Å²) in [6, 6.07) is 26.1. The monoisotopic (exact) mass is 460 g/mol. The van der Waals surface area contributed by atoms with Gasteiger partial charge in [0, 0.05) is 27.7 Å². The number of hydrogen-bond donors (Lipinski definition) is 1. The average molecular weight is 461 g/mol. The van der Waals surface area contributed by atoms with Gasteiger partial charge in [-0.3, -0.25) is 4.79 Å². The molecule has 0 aromatic heterocycles. The van der Waals surface area contributed by atoms with E-state index in [0.717, 1.165) is 11.1 Å². The summed E-state index contributed by atoms with van der Waals surface area (Å²) in [4.78, 5) is 29.4. The van der Waals surface area contributed by atoms with Gasteiger partial charge >= 0.3 is 6.09 Å². The van der Waals surface area contributed by atoms with Crippen molar-refractivity contribution in [3.8, 4) is 5.75 Å². The number of aromatic hydroxyl groups is 1. The Balaban J connectivity index is 1.86. The second-order valence-electron chi connectivity index (χ2n) is 8.66. The van der Waals surface area contributed by atoms with Gasteiger partial charge in [-0.05, 0) is 35.6 Å². The van der Waals surface area contributed by atoms with Gasteiger partial charge in [-0.15, -0.1) is 0 Å². The Labute approximate surface area is 201 Å². The Morgan fingerprint density at radius 3 is 2.06 bits per heavy atom. The van der Waals surface area contributed by atoms with E-state index in [1.165, 1.54) is 4.90 Å². The number of nitrogens with zero attached hydrogens (tertiary/aromatic N) is 2. The molecule has 0 spiro atoms. The van der Waals surface area contributed by atoms with E-state index in [2.05, 4.69) is 0 Å². The molecule has 3 aromatic carbocycles. The zero-order chi connectivity index (χ0) is 24.6. The summed E-state index contributed by atoms with van der Waals surface area (Å²) in [6.07, 6.45) is 0.207. The summed E-state index contributed by atoms with van der Waals surface area (Å²) in [5.74, 6) is 0.0537. The molecule has 1 unspecified atom stereocenters. The van der Waals surface area contributed by atoms with Crippen LogP contribution in [0.25, 0.3) is 0 Å². The van der Waals surface area contributed by atoms with Gasteiger partial charge in [-0.2, -0.15) is 0 Å². The van der Waals surface area contributed by atoms with Crippen LogP contribution in [0.4, 0.5) is 4.79 Å². The van der Waals surface area contributed by atoms with Crippen LogP contribution in [0.2, 0.25) is 0 Å². The van der Waals surface area contributed by atoms with Crippen molar-refractivity contribution in [3.05, 3.63) is 102 Å². The third-order valence-electron chi connectivity index (χ3n) is 6.02. The Hall–Kier alpha value is -3.80. The number of benzene rings is 3. The molecule has 0 saturated heterocycles. The summed E-state index contributed by atoms with van der Waals surface area (Å²) >= 11 is 0. The van der Waals surface area contributed by atoms with Crippen molar-refractivity contribution >= 4 is 12.0 Å². The number of hydrogen-bond acceptors (Lipinski definition) is 4. The highest BCUT2D eigenvalue weighted by molar-refractivity contribution is 5.88. The van der Waals surface area contributed by atoms with E-state index in [1.54, 1.807) is 38.2 Å². The molecular formula is C28H32N2O4. The minimum atomic E-state index is -0.975. The second-order valence-corrected chi connectivity index (χ2v) is 8.66. The Morgan fingerprint density at radius 2 is 1.44 bits per heavy atom. The van der Waals surface area contributed by atoms with Crippen molar-refractivity contribution in [2.24, 2.45) is 0 Å². The van der Waals surface area contributed by atoms with Crippen LogP contribution in [0, 0.1) is 0 Å². The van der Waals surface area contributed by atoms with Crippen LogP contribution in [0.5, 0.6) is 5.75 Å². The zero-order valence-corrected chi connectivity index (χ0v) is 20.0. The first-order chi connectivity index (χ1) is 16.3. The minimum Gasteiger partial charge on any atom is -0.508 e. The molecule has 0 aliphatic heterocycles. The molecule has 1 N–H and O–H groups in total. The smallest absolute Gasteiger partial charge is 0.409 e. The maximum Gasteiger partial charge on any atom is 0.409 e. The molecule has 34 heavy (non-hydrogen) atoms. The summed E-state index contributed by atoms with van der Waals surface area (Å²) < 4.78 is 5.46. The van der Waals surface area contributed by atoms with Crippen molar-refractivity contribution in [1.29, 1.82) is 0 Å². The van der Waals surface area contributed by atoms with Crippen LogP contribution in [-0.4, -0.2) is 54.6 Å². The van der Waals surface area contributed by atoms with Crippen molar-refractivity contribution in [3.63, 3.8) is 0 Å². The number of carbonyl (C=O) groups is 2. The highest BCUT2D eigenvalue weighted by atomic mass is 16.6. The number of carbonyl (C=O) groups excluding carboxylic acids is 2. The molecule has 0 aliphatic carbocycles. The predicted octanol–water partition coefficient (Wildman–Crippen LogP) is 4.62. The van der Waals surface area contributed by atoms with Crippen molar-refractivity contribution in [2.75, 3.05) is 27.7 Å². The van der Waals surface area contributed by atoms with Gasteiger partial charge in [-0.1, -0.05) is 78.9 Å². The van der Waals surface area contributed by atoms with Crippen LogP contribution in [-0.2, 0) is 28.0 Å². The van der Waals surface area contributed by atoms with Gasteiger partial charge in [0.1, 0.15) is 12.4 Å². The Morgan fingerprint density at radius 1 is 0.853 bits per heavy atom. The quantitative estimate of drug-likeness (QED) is 0.506. The third kappa shape index (κ3) is 5.95. The van der Waals surface area contributed by atoms with E-state index in [-0.39, 0.29) is 18.3 Å². The van der Waals surface area contributed by atoms with Crippen LogP contribution in [0.3, 0.4) is 0 Å². The summed E-state index contributed by atoms with van der Waals surface area (Å²) in [5.41, 5.74) is 1.45. The number of phenols is 1. The van der Waals surface area contributed by atoms with Gasteiger partial charge in [0.15, 0.2) is 0 Å².